The highest BCUT2D eigenvalue weighted by Gasteiger charge is 2.36. The van der Waals surface area contributed by atoms with E-state index < -0.39 is 42.1 Å². The second-order valence-electron chi connectivity index (χ2n) is 9.89. The SMILES string of the molecule is CC(C)NCC(O)COc1cccc2[nH]c(CCC(N[C@@H](C)C(=O)N3CCC[C@H]3C(=O)O)C(=O)O)cc12. The Morgan fingerprint density at radius 3 is 2.65 bits per heavy atom. The predicted molar refractivity (Wildman–Crippen MR) is 138 cm³/mol. The van der Waals surface area contributed by atoms with Crippen molar-refractivity contribution >= 4 is 28.7 Å². The van der Waals surface area contributed by atoms with Gasteiger partial charge in [-0.1, -0.05) is 19.9 Å². The Hall–Kier alpha value is -3.15. The van der Waals surface area contributed by atoms with Gasteiger partial charge in [0.2, 0.25) is 5.91 Å². The summed E-state index contributed by atoms with van der Waals surface area (Å²) in [6.45, 7) is 6.47. The third-order valence-corrected chi connectivity index (χ3v) is 6.52. The molecule has 11 heteroatoms. The van der Waals surface area contributed by atoms with E-state index in [0.29, 0.717) is 38.1 Å². The molecular formula is C26H38N4O7. The van der Waals surface area contributed by atoms with Crippen LogP contribution in [0.2, 0.25) is 0 Å². The lowest BCUT2D eigenvalue weighted by Crippen LogP contribution is -2.53. The summed E-state index contributed by atoms with van der Waals surface area (Å²) in [5, 5.41) is 36.1. The van der Waals surface area contributed by atoms with Gasteiger partial charge in [-0.05, 0) is 50.8 Å². The number of carbonyl (C=O) groups is 3. The van der Waals surface area contributed by atoms with Crippen LogP contribution in [-0.2, 0) is 20.8 Å². The van der Waals surface area contributed by atoms with Gasteiger partial charge >= 0.3 is 11.9 Å². The lowest BCUT2D eigenvalue weighted by Gasteiger charge is -2.27. The zero-order chi connectivity index (χ0) is 27.1. The highest BCUT2D eigenvalue weighted by atomic mass is 16.5. The molecule has 204 valence electrons. The molecule has 1 aliphatic heterocycles. The summed E-state index contributed by atoms with van der Waals surface area (Å²) in [4.78, 5) is 40.7. The molecule has 0 aliphatic carbocycles. The van der Waals surface area contributed by atoms with E-state index in [1.165, 1.54) is 4.90 Å². The third kappa shape index (κ3) is 7.67. The number of hydrogen-bond acceptors (Lipinski definition) is 7. The number of carboxylic acid groups (broad SMARTS) is 2. The van der Waals surface area contributed by atoms with Crippen LogP contribution in [-0.4, -0.2) is 93.0 Å². The van der Waals surface area contributed by atoms with Crippen molar-refractivity contribution in [2.75, 3.05) is 19.7 Å². The van der Waals surface area contributed by atoms with Gasteiger partial charge in [0.15, 0.2) is 0 Å². The van der Waals surface area contributed by atoms with Gasteiger partial charge in [0.05, 0.1) is 6.04 Å². The number of aliphatic hydroxyl groups is 1. The number of likely N-dealkylation sites (tertiary alicyclic amines) is 1. The van der Waals surface area contributed by atoms with Gasteiger partial charge in [0.1, 0.15) is 30.5 Å². The number of aromatic amines is 1. The molecule has 1 fully saturated rings. The molecule has 1 amide bonds. The van der Waals surface area contributed by atoms with E-state index in [4.69, 9.17) is 4.74 Å². The first kappa shape index (κ1) is 28.4. The molecule has 2 aromatic rings. The normalized spacial score (nSPS) is 18.2. The van der Waals surface area contributed by atoms with E-state index in [1.807, 2.05) is 38.1 Å². The Kier molecular flexibility index (Phi) is 9.90. The quantitative estimate of drug-likeness (QED) is 0.217. The first-order valence-corrected chi connectivity index (χ1v) is 12.7. The Morgan fingerprint density at radius 1 is 1.22 bits per heavy atom. The summed E-state index contributed by atoms with van der Waals surface area (Å²) in [7, 11) is 0. The largest absolute Gasteiger partial charge is 0.490 e. The molecule has 11 nitrogen and oxygen atoms in total. The smallest absolute Gasteiger partial charge is 0.326 e. The number of nitrogens with zero attached hydrogens (tertiary/aromatic N) is 1. The molecule has 2 heterocycles. The van der Waals surface area contributed by atoms with Crippen molar-refractivity contribution in [1.82, 2.24) is 20.5 Å². The van der Waals surface area contributed by atoms with Crippen LogP contribution < -0.4 is 15.4 Å². The van der Waals surface area contributed by atoms with Crippen molar-refractivity contribution in [3.05, 3.63) is 30.0 Å². The summed E-state index contributed by atoms with van der Waals surface area (Å²) in [6.07, 6.45) is 0.974. The molecule has 0 spiro atoms. The zero-order valence-electron chi connectivity index (χ0n) is 21.6. The van der Waals surface area contributed by atoms with Crippen molar-refractivity contribution in [2.45, 2.75) is 76.7 Å². The maximum Gasteiger partial charge on any atom is 0.326 e. The highest BCUT2D eigenvalue weighted by Crippen LogP contribution is 2.27. The number of aliphatic carboxylic acids is 2. The fraction of sp³-hybridized carbons (Fsp3) is 0.577. The molecule has 0 saturated carbocycles. The first-order valence-electron chi connectivity index (χ1n) is 12.7. The second kappa shape index (κ2) is 12.9. The summed E-state index contributed by atoms with van der Waals surface area (Å²) in [6, 6.07) is 5.03. The molecule has 1 aromatic carbocycles. The van der Waals surface area contributed by atoms with Crippen molar-refractivity contribution in [3.8, 4) is 5.75 Å². The number of rotatable bonds is 14. The summed E-state index contributed by atoms with van der Waals surface area (Å²) in [5.41, 5.74) is 1.64. The van der Waals surface area contributed by atoms with Gasteiger partial charge in [-0.2, -0.15) is 0 Å². The number of H-pyrrole nitrogens is 1. The van der Waals surface area contributed by atoms with Crippen LogP contribution in [0.15, 0.2) is 24.3 Å². The van der Waals surface area contributed by atoms with E-state index in [0.717, 1.165) is 16.6 Å². The lowest BCUT2D eigenvalue weighted by atomic mass is 10.1. The third-order valence-electron chi connectivity index (χ3n) is 6.52. The number of nitrogens with one attached hydrogen (secondary N) is 3. The number of fused-ring (bicyclic) bond motifs is 1. The highest BCUT2D eigenvalue weighted by molar-refractivity contribution is 5.88. The van der Waals surface area contributed by atoms with Crippen LogP contribution in [0.1, 0.15) is 45.7 Å². The van der Waals surface area contributed by atoms with Crippen LogP contribution >= 0.6 is 0 Å². The molecule has 1 aromatic heterocycles. The Morgan fingerprint density at radius 2 is 1.97 bits per heavy atom. The Balaban J connectivity index is 1.60. The zero-order valence-corrected chi connectivity index (χ0v) is 21.6. The van der Waals surface area contributed by atoms with Crippen LogP contribution in [0.5, 0.6) is 5.75 Å². The van der Waals surface area contributed by atoms with E-state index in [-0.39, 0.29) is 19.1 Å². The van der Waals surface area contributed by atoms with Gasteiger partial charge in [-0.3, -0.25) is 14.9 Å². The van der Waals surface area contributed by atoms with Gasteiger partial charge in [0.25, 0.3) is 0 Å². The molecule has 37 heavy (non-hydrogen) atoms. The minimum absolute atomic E-state index is 0.135. The van der Waals surface area contributed by atoms with Crippen LogP contribution in [0.25, 0.3) is 10.9 Å². The van der Waals surface area contributed by atoms with E-state index >= 15 is 0 Å². The molecule has 0 radical (unpaired) electrons. The number of amides is 1. The fourth-order valence-electron chi connectivity index (χ4n) is 4.55. The molecule has 0 bridgehead atoms. The molecule has 2 unspecified atom stereocenters. The van der Waals surface area contributed by atoms with Gasteiger partial charge in [0, 0.05) is 35.7 Å². The first-order chi connectivity index (χ1) is 17.6. The second-order valence-corrected chi connectivity index (χ2v) is 9.89. The molecule has 6 N–H and O–H groups in total. The number of benzene rings is 1. The Labute approximate surface area is 216 Å². The molecule has 1 saturated heterocycles. The van der Waals surface area contributed by atoms with E-state index in [2.05, 4.69) is 15.6 Å². The average Bonchev–Trinajstić information content (AvgIpc) is 3.50. The van der Waals surface area contributed by atoms with E-state index in [1.54, 1.807) is 6.92 Å². The standard InChI is InChI=1S/C26H38N4O7/c1-15(2)27-13-18(31)14-37-23-8-4-6-20-19(23)12-17(29-20)9-10-21(25(33)34)28-16(3)24(32)30-11-5-7-22(30)26(35)36/h4,6,8,12,15-16,18,21-22,27-29,31H,5,7,9-11,13-14H2,1-3H3,(H,33,34)(H,35,36)/t16-,18?,21?,22-/m0/s1. The van der Waals surface area contributed by atoms with Crippen molar-refractivity contribution in [3.63, 3.8) is 0 Å². The van der Waals surface area contributed by atoms with Crippen molar-refractivity contribution in [1.29, 1.82) is 0 Å². The number of aromatic nitrogens is 1. The maximum absolute atomic E-state index is 12.8. The number of carbonyl (C=O) groups excluding carboxylic acids is 1. The number of aliphatic hydroxyl groups excluding tert-OH is 1. The minimum Gasteiger partial charge on any atom is -0.490 e. The van der Waals surface area contributed by atoms with E-state index in [9.17, 15) is 29.7 Å². The van der Waals surface area contributed by atoms with Gasteiger partial charge in [-0.25, -0.2) is 4.79 Å². The molecule has 1 aliphatic rings. The van der Waals surface area contributed by atoms with Crippen molar-refractivity contribution in [2.24, 2.45) is 0 Å². The number of ether oxygens (including phenoxy) is 1. The van der Waals surface area contributed by atoms with Crippen LogP contribution in [0.3, 0.4) is 0 Å². The molecular weight excluding hydrogens is 480 g/mol. The summed E-state index contributed by atoms with van der Waals surface area (Å²) < 4.78 is 5.84. The minimum atomic E-state index is -1.08. The average molecular weight is 519 g/mol. The lowest BCUT2D eigenvalue weighted by molar-refractivity contribution is -0.149. The number of carboxylic acids is 2. The molecule has 4 atom stereocenters. The fourth-order valence-corrected chi connectivity index (χ4v) is 4.55. The maximum atomic E-state index is 12.8. The number of hydrogen-bond donors (Lipinski definition) is 6. The van der Waals surface area contributed by atoms with Gasteiger partial charge < -0.3 is 35.3 Å². The van der Waals surface area contributed by atoms with Crippen LogP contribution in [0, 0.1) is 0 Å². The van der Waals surface area contributed by atoms with Crippen LogP contribution in [0.4, 0.5) is 0 Å². The summed E-state index contributed by atoms with van der Waals surface area (Å²) in [5.74, 6) is -1.92. The predicted octanol–water partition coefficient (Wildman–Crippen LogP) is 1.35. The topological polar surface area (TPSA) is 164 Å². The summed E-state index contributed by atoms with van der Waals surface area (Å²) >= 11 is 0. The van der Waals surface area contributed by atoms with Crippen molar-refractivity contribution < 1.29 is 34.4 Å². The monoisotopic (exact) mass is 518 g/mol. The Bertz CT molecular complexity index is 1090. The van der Waals surface area contributed by atoms with Gasteiger partial charge in [-0.15, -0.1) is 0 Å². The molecule has 3 rings (SSSR count). The number of aryl methyl sites for hydroxylation is 1.